The van der Waals surface area contributed by atoms with Crippen molar-refractivity contribution in [3.05, 3.63) is 65.7 Å². The van der Waals surface area contributed by atoms with E-state index in [0.29, 0.717) is 19.6 Å². The summed E-state index contributed by atoms with van der Waals surface area (Å²) >= 11 is 0. The van der Waals surface area contributed by atoms with E-state index in [9.17, 15) is 17.6 Å². The van der Waals surface area contributed by atoms with E-state index < -0.39 is 15.8 Å². The number of fused-ring (bicyclic) bond motifs is 1. The Morgan fingerprint density at radius 1 is 1.15 bits per heavy atom. The highest BCUT2D eigenvalue weighted by molar-refractivity contribution is 7.88. The van der Waals surface area contributed by atoms with Gasteiger partial charge in [-0.25, -0.2) is 12.8 Å². The Morgan fingerprint density at radius 2 is 1.89 bits per heavy atom. The summed E-state index contributed by atoms with van der Waals surface area (Å²) in [6.07, 6.45) is 3.65. The summed E-state index contributed by atoms with van der Waals surface area (Å²) < 4.78 is 39.6. The van der Waals surface area contributed by atoms with Gasteiger partial charge in [0.2, 0.25) is 10.0 Å². The lowest BCUT2D eigenvalue weighted by Crippen LogP contribution is -2.37. The fourth-order valence-corrected chi connectivity index (χ4v) is 5.44. The van der Waals surface area contributed by atoms with E-state index in [4.69, 9.17) is 0 Å². The van der Waals surface area contributed by atoms with Gasteiger partial charge in [0, 0.05) is 31.7 Å². The summed E-state index contributed by atoms with van der Waals surface area (Å²) in [6.45, 7) is 1.27. The molecule has 3 heterocycles. The second-order valence-corrected chi connectivity index (χ2v) is 9.15. The monoisotopic (exact) mass is 389 g/mol. The van der Waals surface area contributed by atoms with E-state index in [1.807, 2.05) is 30.3 Å². The van der Waals surface area contributed by atoms with Crippen molar-refractivity contribution in [2.75, 3.05) is 25.9 Å². The van der Waals surface area contributed by atoms with Crippen molar-refractivity contribution in [1.29, 1.82) is 0 Å². The summed E-state index contributed by atoms with van der Waals surface area (Å²) in [7, 11) is -3.37. The third kappa shape index (κ3) is 3.35. The van der Waals surface area contributed by atoms with Crippen LogP contribution in [0.15, 0.2) is 48.8 Å². The molecule has 0 saturated carbocycles. The van der Waals surface area contributed by atoms with Crippen molar-refractivity contribution in [3.63, 3.8) is 0 Å². The third-order valence-electron chi connectivity index (χ3n) is 5.43. The number of sulfonamides is 1. The molecule has 0 bridgehead atoms. The first-order chi connectivity index (χ1) is 12.8. The number of pyridine rings is 1. The fraction of sp³-hybridized carbons (Fsp3) is 0.368. The SMILES string of the molecule is CS(=O)(=O)N1C[C@H]2CN(C(=O)c3cncc(F)c3)C[C@H]2[C@@H]1c1ccccc1. The van der Waals surface area contributed by atoms with Crippen LogP contribution in [0.1, 0.15) is 22.0 Å². The molecule has 0 radical (unpaired) electrons. The number of rotatable bonds is 3. The first-order valence-corrected chi connectivity index (χ1v) is 10.6. The van der Waals surface area contributed by atoms with Gasteiger partial charge in [0.1, 0.15) is 5.82 Å². The topological polar surface area (TPSA) is 70.6 Å². The maximum Gasteiger partial charge on any atom is 0.255 e. The van der Waals surface area contributed by atoms with Crippen LogP contribution in [0.4, 0.5) is 4.39 Å². The smallest absolute Gasteiger partial charge is 0.255 e. The molecule has 1 amide bonds. The van der Waals surface area contributed by atoms with E-state index in [0.717, 1.165) is 11.8 Å². The van der Waals surface area contributed by atoms with Crippen molar-refractivity contribution in [1.82, 2.24) is 14.2 Å². The van der Waals surface area contributed by atoms with Crippen molar-refractivity contribution in [2.45, 2.75) is 6.04 Å². The molecule has 3 atom stereocenters. The summed E-state index contributed by atoms with van der Waals surface area (Å²) in [5.41, 5.74) is 1.14. The molecule has 6 nitrogen and oxygen atoms in total. The number of halogens is 1. The number of benzene rings is 1. The minimum Gasteiger partial charge on any atom is -0.338 e. The van der Waals surface area contributed by atoms with Gasteiger partial charge in [-0.05, 0) is 17.5 Å². The standard InChI is InChI=1S/C19H20FN3O3S/c1-27(25,26)23-11-15-10-22(19(24)14-7-16(20)9-21-8-14)12-17(15)18(23)13-5-3-2-4-6-13/h2-9,15,17-18H,10-12H2,1H3/t15-,17-,18+/m1/s1. The second-order valence-electron chi connectivity index (χ2n) is 7.21. The predicted octanol–water partition coefficient (Wildman–Crippen LogP) is 1.93. The number of likely N-dealkylation sites (tertiary alicyclic amines) is 1. The maximum atomic E-state index is 13.4. The average Bonchev–Trinajstić information content (AvgIpc) is 3.19. The number of hydrogen-bond acceptors (Lipinski definition) is 4. The zero-order valence-electron chi connectivity index (χ0n) is 14.8. The van der Waals surface area contributed by atoms with Crippen LogP contribution in [0.25, 0.3) is 0 Å². The Kier molecular flexibility index (Phi) is 4.47. The van der Waals surface area contributed by atoms with Gasteiger partial charge in [0.15, 0.2) is 0 Å². The Balaban J connectivity index is 1.62. The van der Waals surface area contributed by atoms with E-state index in [2.05, 4.69) is 4.98 Å². The van der Waals surface area contributed by atoms with Crippen LogP contribution in [-0.2, 0) is 10.0 Å². The van der Waals surface area contributed by atoms with Crippen LogP contribution in [0.3, 0.4) is 0 Å². The Hall–Kier alpha value is -2.32. The largest absolute Gasteiger partial charge is 0.338 e. The molecule has 2 saturated heterocycles. The molecule has 1 aromatic carbocycles. The highest BCUT2D eigenvalue weighted by Crippen LogP contribution is 2.46. The number of aromatic nitrogens is 1. The average molecular weight is 389 g/mol. The highest BCUT2D eigenvalue weighted by Gasteiger charge is 2.51. The van der Waals surface area contributed by atoms with Gasteiger partial charge in [-0.2, -0.15) is 4.31 Å². The molecule has 2 aromatic rings. The molecule has 0 aliphatic carbocycles. The van der Waals surface area contributed by atoms with Crippen LogP contribution < -0.4 is 0 Å². The molecule has 0 spiro atoms. The molecule has 1 aromatic heterocycles. The van der Waals surface area contributed by atoms with Gasteiger partial charge < -0.3 is 4.90 Å². The van der Waals surface area contributed by atoms with Crippen molar-refractivity contribution < 1.29 is 17.6 Å². The van der Waals surface area contributed by atoms with Crippen molar-refractivity contribution in [2.24, 2.45) is 11.8 Å². The predicted molar refractivity (Wildman–Crippen MR) is 97.8 cm³/mol. The van der Waals surface area contributed by atoms with Crippen LogP contribution in [0, 0.1) is 17.7 Å². The van der Waals surface area contributed by atoms with Gasteiger partial charge in [0.25, 0.3) is 5.91 Å². The molecule has 8 heteroatoms. The molecule has 0 unspecified atom stereocenters. The van der Waals surface area contributed by atoms with Crippen LogP contribution in [0.2, 0.25) is 0 Å². The van der Waals surface area contributed by atoms with Gasteiger partial charge in [0.05, 0.1) is 24.1 Å². The summed E-state index contributed by atoms with van der Waals surface area (Å²) in [6, 6.07) is 10.4. The summed E-state index contributed by atoms with van der Waals surface area (Å²) in [5, 5.41) is 0. The van der Waals surface area contributed by atoms with Crippen molar-refractivity contribution in [3.8, 4) is 0 Å². The second kappa shape index (κ2) is 6.69. The molecule has 2 fully saturated rings. The fourth-order valence-electron chi connectivity index (χ4n) is 4.29. The first-order valence-electron chi connectivity index (χ1n) is 8.76. The zero-order valence-corrected chi connectivity index (χ0v) is 15.6. The quantitative estimate of drug-likeness (QED) is 0.804. The zero-order chi connectivity index (χ0) is 19.2. The van der Waals surface area contributed by atoms with Gasteiger partial charge in [-0.1, -0.05) is 30.3 Å². The van der Waals surface area contributed by atoms with Gasteiger partial charge in [-0.3, -0.25) is 9.78 Å². The molecule has 27 heavy (non-hydrogen) atoms. The van der Waals surface area contributed by atoms with E-state index in [1.165, 1.54) is 18.5 Å². The number of carbonyl (C=O) groups excluding carboxylic acids is 1. The van der Waals surface area contributed by atoms with E-state index in [1.54, 1.807) is 9.21 Å². The lowest BCUT2D eigenvalue weighted by atomic mass is 9.90. The molecule has 4 rings (SSSR count). The Labute approximate surface area is 157 Å². The number of carbonyl (C=O) groups is 1. The van der Waals surface area contributed by atoms with Crippen LogP contribution in [0.5, 0.6) is 0 Å². The first kappa shape index (κ1) is 18.1. The molecule has 2 aliphatic rings. The minimum atomic E-state index is -3.37. The van der Waals surface area contributed by atoms with Gasteiger partial charge >= 0.3 is 0 Å². The molecular weight excluding hydrogens is 369 g/mol. The van der Waals surface area contributed by atoms with Gasteiger partial charge in [-0.15, -0.1) is 0 Å². The van der Waals surface area contributed by atoms with E-state index in [-0.39, 0.29) is 29.3 Å². The molecule has 142 valence electrons. The highest BCUT2D eigenvalue weighted by atomic mass is 32.2. The van der Waals surface area contributed by atoms with Crippen molar-refractivity contribution >= 4 is 15.9 Å². The Morgan fingerprint density at radius 3 is 2.56 bits per heavy atom. The summed E-state index contributed by atoms with van der Waals surface area (Å²) in [5.74, 6) is -0.761. The number of amides is 1. The normalized spacial score (nSPS) is 25.6. The number of nitrogens with zero attached hydrogens (tertiary/aromatic N) is 3. The van der Waals surface area contributed by atoms with E-state index >= 15 is 0 Å². The number of hydrogen-bond donors (Lipinski definition) is 0. The molecule has 0 N–H and O–H groups in total. The van der Waals surface area contributed by atoms with Crippen LogP contribution >= 0.6 is 0 Å². The van der Waals surface area contributed by atoms with Crippen LogP contribution in [-0.4, -0.2) is 54.4 Å². The lowest BCUT2D eigenvalue weighted by Gasteiger charge is -2.28. The maximum absolute atomic E-state index is 13.4. The summed E-state index contributed by atoms with van der Waals surface area (Å²) in [4.78, 5) is 18.2. The Bertz CT molecular complexity index is 967. The molecular formula is C19H20FN3O3S. The molecule has 2 aliphatic heterocycles. The lowest BCUT2D eigenvalue weighted by molar-refractivity contribution is 0.0773. The minimum absolute atomic E-state index is 0.00703. The third-order valence-corrected chi connectivity index (χ3v) is 6.66.